The predicted octanol–water partition coefficient (Wildman–Crippen LogP) is 1.28. The summed E-state index contributed by atoms with van der Waals surface area (Å²) in [4.78, 5) is 26.3. The van der Waals surface area contributed by atoms with E-state index in [1.54, 1.807) is 4.90 Å². The molecule has 1 saturated heterocycles. The second-order valence-electron chi connectivity index (χ2n) is 6.94. The van der Waals surface area contributed by atoms with Gasteiger partial charge in [0.2, 0.25) is 11.8 Å². The van der Waals surface area contributed by atoms with Gasteiger partial charge in [-0.1, -0.05) is 51.1 Å². The van der Waals surface area contributed by atoms with Gasteiger partial charge in [-0.2, -0.15) is 0 Å². The van der Waals surface area contributed by atoms with Crippen molar-refractivity contribution in [2.45, 2.75) is 45.8 Å². The first kappa shape index (κ1) is 16.5. The number of nitrogens with two attached hydrogens (primary N) is 1. The summed E-state index contributed by atoms with van der Waals surface area (Å²) >= 11 is 0. The van der Waals surface area contributed by atoms with Crippen LogP contribution in [0.5, 0.6) is 0 Å². The molecule has 2 rings (SSSR count). The molecule has 22 heavy (non-hydrogen) atoms. The zero-order valence-corrected chi connectivity index (χ0v) is 13.5. The Bertz CT molecular complexity index is 537. The maximum Gasteiger partial charge on any atom is 0.245 e. The molecule has 3 N–H and O–H groups in total. The number of nitrogens with one attached hydrogen (secondary N) is 1. The maximum atomic E-state index is 12.4. The molecule has 1 aromatic rings. The largest absolute Gasteiger partial charge is 0.343 e. The highest BCUT2D eigenvalue weighted by Gasteiger charge is 2.35. The molecule has 1 fully saturated rings. The van der Waals surface area contributed by atoms with Gasteiger partial charge in [-0.25, -0.2) is 0 Å². The standard InChI is InChI=1S/C17H25N3O2/c1-17(2,3)14(18)15(21)19-13-9-10-20(16(13)22)11-12-7-5-4-6-8-12/h4-8,13-14H,9-11,18H2,1-3H3,(H,19,21)/t13?,14-/m1/s1. The molecule has 120 valence electrons. The molecule has 5 nitrogen and oxygen atoms in total. The summed E-state index contributed by atoms with van der Waals surface area (Å²) in [5, 5.41) is 2.80. The number of amides is 2. The Kier molecular flexibility index (Phi) is 4.86. The van der Waals surface area contributed by atoms with E-state index in [-0.39, 0.29) is 17.2 Å². The van der Waals surface area contributed by atoms with E-state index in [0.717, 1.165) is 5.56 Å². The Balaban J connectivity index is 1.93. The van der Waals surface area contributed by atoms with Gasteiger partial charge in [-0.05, 0) is 17.4 Å². The number of carbonyl (C=O) groups is 2. The van der Waals surface area contributed by atoms with Crippen molar-refractivity contribution in [2.24, 2.45) is 11.1 Å². The molecular weight excluding hydrogens is 278 g/mol. The summed E-state index contributed by atoms with van der Waals surface area (Å²) in [6.07, 6.45) is 0.633. The second kappa shape index (κ2) is 6.48. The topological polar surface area (TPSA) is 75.4 Å². The van der Waals surface area contributed by atoms with Crippen LogP contribution in [0.15, 0.2) is 30.3 Å². The van der Waals surface area contributed by atoms with Crippen molar-refractivity contribution in [3.63, 3.8) is 0 Å². The number of likely N-dealkylation sites (tertiary alicyclic amines) is 1. The number of carbonyl (C=O) groups excluding carboxylic acids is 2. The van der Waals surface area contributed by atoms with Crippen LogP contribution >= 0.6 is 0 Å². The van der Waals surface area contributed by atoms with E-state index in [1.165, 1.54) is 0 Å². The highest BCUT2D eigenvalue weighted by atomic mass is 16.2. The molecule has 2 amide bonds. The van der Waals surface area contributed by atoms with Crippen LogP contribution in [0.2, 0.25) is 0 Å². The van der Waals surface area contributed by atoms with Crippen LogP contribution in [-0.2, 0) is 16.1 Å². The number of nitrogens with zero attached hydrogens (tertiary/aromatic N) is 1. The van der Waals surface area contributed by atoms with Crippen LogP contribution in [0.3, 0.4) is 0 Å². The van der Waals surface area contributed by atoms with Gasteiger partial charge in [0.25, 0.3) is 0 Å². The average Bonchev–Trinajstić information content (AvgIpc) is 2.79. The van der Waals surface area contributed by atoms with E-state index in [9.17, 15) is 9.59 Å². The first-order valence-electron chi connectivity index (χ1n) is 7.67. The molecule has 1 heterocycles. The molecule has 2 atom stereocenters. The summed E-state index contributed by atoms with van der Waals surface area (Å²) in [7, 11) is 0. The number of hydrogen-bond acceptors (Lipinski definition) is 3. The van der Waals surface area contributed by atoms with Crippen LogP contribution < -0.4 is 11.1 Å². The number of hydrogen-bond donors (Lipinski definition) is 2. The lowest BCUT2D eigenvalue weighted by Gasteiger charge is -2.27. The van der Waals surface area contributed by atoms with Crippen molar-refractivity contribution in [1.82, 2.24) is 10.2 Å². The average molecular weight is 303 g/mol. The predicted molar refractivity (Wildman–Crippen MR) is 85.8 cm³/mol. The third kappa shape index (κ3) is 3.85. The second-order valence-corrected chi connectivity index (χ2v) is 6.94. The van der Waals surface area contributed by atoms with Crippen molar-refractivity contribution >= 4 is 11.8 Å². The van der Waals surface area contributed by atoms with E-state index in [1.807, 2.05) is 51.1 Å². The van der Waals surface area contributed by atoms with Gasteiger partial charge in [0.05, 0.1) is 6.04 Å². The van der Waals surface area contributed by atoms with E-state index in [0.29, 0.717) is 19.5 Å². The summed E-state index contributed by atoms with van der Waals surface area (Å²) < 4.78 is 0. The Labute approximate surface area is 131 Å². The molecular formula is C17H25N3O2. The minimum atomic E-state index is -0.622. The molecule has 5 heteroatoms. The normalized spacial score (nSPS) is 20.1. The fourth-order valence-electron chi connectivity index (χ4n) is 2.49. The highest BCUT2D eigenvalue weighted by molar-refractivity contribution is 5.91. The molecule has 1 aromatic carbocycles. The third-order valence-corrected chi connectivity index (χ3v) is 4.05. The first-order valence-corrected chi connectivity index (χ1v) is 7.67. The van der Waals surface area contributed by atoms with E-state index >= 15 is 0 Å². The Morgan fingerprint density at radius 3 is 2.59 bits per heavy atom. The molecule has 0 saturated carbocycles. The molecule has 0 radical (unpaired) electrons. The minimum Gasteiger partial charge on any atom is -0.343 e. The van der Waals surface area contributed by atoms with E-state index < -0.39 is 12.1 Å². The summed E-state index contributed by atoms with van der Waals surface area (Å²) in [5.74, 6) is -0.286. The molecule has 1 aliphatic heterocycles. The van der Waals surface area contributed by atoms with E-state index in [4.69, 9.17) is 5.73 Å². The molecule has 0 bridgehead atoms. The van der Waals surface area contributed by atoms with Crippen molar-refractivity contribution in [2.75, 3.05) is 6.54 Å². The summed E-state index contributed by atoms with van der Waals surface area (Å²) in [6.45, 7) is 6.97. The Morgan fingerprint density at radius 1 is 1.36 bits per heavy atom. The molecule has 1 aliphatic rings. The van der Waals surface area contributed by atoms with Gasteiger partial charge in [-0.3, -0.25) is 9.59 Å². The van der Waals surface area contributed by atoms with E-state index in [2.05, 4.69) is 5.32 Å². The van der Waals surface area contributed by atoms with Gasteiger partial charge in [0, 0.05) is 13.1 Å². The monoisotopic (exact) mass is 303 g/mol. The van der Waals surface area contributed by atoms with Gasteiger partial charge in [0.1, 0.15) is 6.04 Å². The summed E-state index contributed by atoms with van der Waals surface area (Å²) in [5.41, 5.74) is 6.71. The van der Waals surface area contributed by atoms with Gasteiger partial charge >= 0.3 is 0 Å². The fourth-order valence-corrected chi connectivity index (χ4v) is 2.49. The maximum absolute atomic E-state index is 12.4. The molecule has 0 aliphatic carbocycles. The Hall–Kier alpha value is -1.88. The van der Waals surface area contributed by atoms with Crippen LogP contribution in [0.25, 0.3) is 0 Å². The quantitative estimate of drug-likeness (QED) is 0.880. The number of benzene rings is 1. The van der Waals surface area contributed by atoms with Gasteiger partial charge in [0.15, 0.2) is 0 Å². The SMILES string of the molecule is CC(C)(C)[C@H](N)C(=O)NC1CCN(Cc2ccccc2)C1=O. The lowest BCUT2D eigenvalue weighted by atomic mass is 9.87. The van der Waals surface area contributed by atoms with Gasteiger partial charge < -0.3 is 16.0 Å². The fraction of sp³-hybridized carbons (Fsp3) is 0.529. The van der Waals surface area contributed by atoms with Crippen LogP contribution in [-0.4, -0.2) is 35.3 Å². The lowest BCUT2D eigenvalue weighted by molar-refractivity contribution is -0.134. The molecule has 0 aromatic heterocycles. The van der Waals surface area contributed by atoms with Gasteiger partial charge in [-0.15, -0.1) is 0 Å². The number of rotatable bonds is 4. The highest BCUT2D eigenvalue weighted by Crippen LogP contribution is 2.19. The first-order chi connectivity index (χ1) is 10.3. The summed E-state index contributed by atoms with van der Waals surface area (Å²) in [6, 6.07) is 8.78. The zero-order valence-electron chi connectivity index (χ0n) is 13.5. The van der Waals surface area contributed by atoms with Crippen LogP contribution in [0.1, 0.15) is 32.8 Å². The zero-order chi connectivity index (χ0) is 16.3. The van der Waals surface area contributed by atoms with Crippen LogP contribution in [0, 0.1) is 5.41 Å². The third-order valence-electron chi connectivity index (χ3n) is 4.05. The van der Waals surface area contributed by atoms with Crippen molar-refractivity contribution in [3.8, 4) is 0 Å². The van der Waals surface area contributed by atoms with Crippen LogP contribution in [0.4, 0.5) is 0 Å². The van der Waals surface area contributed by atoms with Crippen molar-refractivity contribution in [1.29, 1.82) is 0 Å². The van der Waals surface area contributed by atoms with Crippen molar-refractivity contribution < 1.29 is 9.59 Å². The lowest BCUT2D eigenvalue weighted by Crippen LogP contribution is -2.53. The smallest absolute Gasteiger partial charge is 0.245 e. The van der Waals surface area contributed by atoms with Crippen molar-refractivity contribution in [3.05, 3.63) is 35.9 Å². The minimum absolute atomic E-state index is 0.0293. The molecule has 1 unspecified atom stereocenters. The molecule has 0 spiro atoms. The Morgan fingerprint density at radius 2 is 2.00 bits per heavy atom.